The van der Waals surface area contributed by atoms with E-state index < -0.39 is 11.6 Å². The number of esters is 1. The molecule has 5 nitrogen and oxygen atoms in total. The molecule has 0 saturated carbocycles. The molecule has 0 unspecified atom stereocenters. The zero-order valence-corrected chi connectivity index (χ0v) is 14.8. The molecular formula is C19H17NO4S. The fourth-order valence-electron chi connectivity index (χ4n) is 2.54. The lowest BCUT2D eigenvalue weighted by Crippen LogP contribution is -2.09. The van der Waals surface area contributed by atoms with Crippen LogP contribution in [-0.4, -0.2) is 17.2 Å². The summed E-state index contributed by atoms with van der Waals surface area (Å²) in [6, 6.07) is 10.4. The van der Waals surface area contributed by atoms with Crippen LogP contribution in [0.3, 0.4) is 0 Å². The van der Waals surface area contributed by atoms with Crippen LogP contribution >= 0.6 is 11.8 Å². The Morgan fingerprint density at radius 2 is 2.12 bits per heavy atom. The Morgan fingerprint density at radius 3 is 2.88 bits per heavy atom. The van der Waals surface area contributed by atoms with Crippen molar-refractivity contribution in [3.05, 3.63) is 69.7 Å². The topological polar surface area (TPSA) is 69.4 Å². The van der Waals surface area contributed by atoms with Gasteiger partial charge in [-0.3, -0.25) is 0 Å². The maximum absolute atomic E-state index is 12.3. The molecule has 0 aliphatic rings. The maximum atomic E-state index is 12.3. The van der Waals surface area contributed by atoms with E-state index >= 15 is 0 Å². The van der Waals surface area contributed by atoms with Crippen molar-refractivity contribution in [3.63, 3.8) is 0 Å². The third-order valence-corrected chi connectivity index (χ3v) is 4.56. The van der Waals surface area contributed by atoms with Gasteiger partial charge in [0.25, 0.3) is 0 Å². The van der Waals surface area contributed by atoms with Gasteiger partial charge in [0.15, 0.2) is 0 Å². The molecule has 3 aromatic rings. The number of aromatic nitrogens is 1. The molecule has 0 spiro atoms. The van der Waals surface area contributed by atoms with Crippen molar-refractivity contribution in [1.29, 1.82) is 0 Å². The standard InChI is InChI=1S/C19H17NO4S/c1-3-12-6-7-14-13(10-17(21)24-16(14)9-12)11-23-19(22)15-5-4-8-20-18(15)25-2/h4-10H,3,11H2,1-2H3. The minimum Gasteiger partial charge on any atom is -0.457 e. The van der Waals surface area contributed by atoms with Gasteiger partial charge < -0.3 is 9.15 Å². The summed E-state index contributed by atoms with van der Waals surface area (Å²) >= 11 is 1.38. The van der Waals surface area contributed by atoms with Gasteiger partial charge in [0.1, 0.15) is 17.2 Å². The fraction of sp³-hybridized carbons (Fsp3) is 0.211. The number of benzene rings is 1. The summed E-state index contributed by atoms with van der Waals surface area (Å²) < 4.78 is 10.7. The molecule has 0 radical (unpaired) electrons. The second kappa shape index (κ2) is 7.53. The molecule has 2 aromatic heterocycles. The highest BCUT2D eigenvalue weighted by Crippen LogP contribution is 2.22. The van der Waals surface area contributed by atoms with Crippen LogP contribution < -0.4 is 5.63 Å². The summed E-state index contributed by atoms with van der Waals surface area (Å²) in [5, 5.41) is 1.37. The number of nitrogens with zero attached hydrogens (tertiary/aromatic N) is 1. The normalized spacial score (nSPS) is 10.8. The lowest BCUT2D eigenvalue weighted by Gasteiger charge is -2.09. The first-order chi connectivity index (χ1) is 12.1. The zero-order chi connectivity index (χ0) is 17.8. The van der Waals surface area contributed by atoms with Crippen LogP contribution in [0, 0.1) is 0 Å². The van der Waals surface area contributed by atoms with Crippen LogP contribution in [0.1, 0.15) is 28.4 Å². The number of thioether (sulfide) groups is 1. The number of fused-ring (bicyclic) bond motifs is 1. The first-order valence-electron chi connectivity index (χ1n) is 7.84. The smallest absolute Gasteiger partial charge is 0.341 e. The van der Waals surface area contributed by atoms with Gasteiger partial charge in [0.05, 0.1) is 5.56 Å². The minimum atomic E-state index is -0.469. The molecule has 128 valence electrons. The first kappa shape index (κ1) is 17.2. The van der Waals surface area contributed by atoms with Crippen molar-refractivity contribution in [2.45, 2.75) is 25.0 Å². The number of hydrogen-bond donors (Lipinski definition) is 0. The Morgan fingerprint density at radius 1 is 1.28 bits per heavy atom. The molecule has 0 saturated heterocycles. The van der Waals surface area contributed by atoms with Gasteiger partial charge in [-0.2, -0.15) is 0 Å². The van der Waals surface area contributed by atoms with Gasteiger partial charge >= 0.3 is 11.6 Å². The molecule has 6 heteroatoms. The van der Waals surface area contributed by atoms with Crippen LogP contribution in [0.15, 0.2) is 56.8 Å². The zero-order valence-electron chi connectivity index (χ0n) is 13.9. The quantitative estimate of drug-likeness (QED) is 0.394. The van der Waals surface area contributed by atoms with Crippen LogP contribution in [-0.2, 0) is 17.8 Å². The molecule has 0 bridgehead atoms. The van der Waals surface area contributed by atoms with Gasteiger partial charge in [-0.25, -0.2) is 14.6 Å². The molecule has 25 heavy (non-hydrogen) atoms. The lowest BCUT2D eigenvalue weighted by atomic mass is 10.1. The Labute approximate surface area is 149 Å². The summed E-state index contributed by atoms with van der Waals surface area (Å²) in [6.45, 7) is 2.03. The molecule has 0 amide bonds. The van der Waals surface area contributed by atoms with E-state index in [9.17, 15) is 9.59 Å². The van der Waals surface area contributed by atoms with E-state index in [0.29, 0.717) is 21.7 Å². The first-order valence-corrected chi connectivity index (χ1v) is 9.06. The van der Waals surface area contributed by atoms with Gasteiger partial charge in [-0.15, -0.1) is 11.8 Å². The van der Waals surface area contributed by atoms with E-state index in [0.717, 1.165) is 17.4 Å². The SMILES string of the molecule is CCc1ccc2c(COC(=O)c3cccnc3SC)cc(=O)oc2c1. The van der Waals surface area contributed by atoms with E-state index in [1.54, 1.807) is 18.3 Å². The van der Waals surface area contributed by atoms with Crippen LogP contribution in [0.2, 0.25) is 0 Å². The largest absolute Gasteiger partial charge is 0.457 e. The average molecular weight is 355 g/mol. The molecule has 0 N–H and O–H groups in total. The Bertz CT molecular complexity index is 981. The van der Waals surface area contributed by atoms with Crippen LogP contribution in [0.4, 0.5) is 0 Å². The number of rotatable bonds is 5. The minimum absolute atomic E-state index is 0.00484. The van der Waals surface area contributed by atoms with E-state index in [2.05, 4.69) is 4.98 Å². The Hall–Kier alpha value is -2.60. The van der Waals surface area contributed by atoms with Crippen LogP contribution in [0.25, 0.3) is 11.0 Å². The molecule has 2 heterocycles. The molecule has 0 fully saturated rings. The number of carbonyl (C=O) groups excluding carboxylic acids is 1. The number of ether oxygens (including phenoxy) is 1. The number of hydrogen-bond acceptors (Lipinski definition) is 6. The third kappa shape index (κ3) is 3.74. The summed E-state index contributed by atoms with van der Waals surface area (Å²) in [4.78, 5) is 28.3. The summed E-state index contributed by atoms with van der Waals surface area (Å²) in [6.07, 6.45) is 4.32. The number of pyridine rings is 1. The molecule has 3 rings (SSSR count). The predicted octanol–water partition coefficient (Wildman–Crippen LogP) is 3.83. The van der Waals surface area contributed by atoms with Gasteiger partial charge in [0, 0.05) is 23.2 Å². The highest BCUT2D eigenvalue weighted by atomic mass is 32.2. The van der Waals surface area contributed by atoms with Crippen molar-refractivity contribution in [2.24, 2.45) is 0 Å². The molecule has 1 aromatic carbocycles. The fourth-order valence-corrected chi connectivity index (χ4v) is 3.08. The number of aryl methyl sites for hydroxylation is 1. The molecular weight excluding hydrogens is 338 g/mol. The molecule has 0 aliphatic heterocycles. The Balaban J connectivity index is 1.88. The second-order valence-electron chi connectivity index (χ2n) is 5.41. The highest BCUT2D eigenvalue weighted by molar-refractivity contribution is 7.98. The van der Waals surface area contributed by atoms with Crippen LogP contribution in [0.5, 0.6) is 0 Å². The summed E-state index contributed by atoms with van der Waals surface area (Å²) in [7, 11) is 0. The van der Waals surface area contributed by atoms with E-state index in [-0.39, 0.29) is 6.61 Å². The van der Waals surface area contributed by atoms with Crippen molar-refractivity contribution in [1.82, 2.24) is 4.98 Å². The van der Waals surface area contributed by atoms with Crippen molar-refractivity contribution >= 4 is 28.7 Å². The lowest BCUT2D eigenvalue weighted by molar-refractivity contribution is 0.0468. The second-order valence-corrected chi connectivity index (χ2v) is 6.21. The summed E-state index contributed by atoms with van der Waals surface area (Å²) in [5.74, 6) is -0.469. The number of carbonyl (C=O) groups is 1. The third-order valence-electron chi connectivity index (χ3n) is 3.85. The maximum Gasteiger partial charge on any atom is 0.341 e. The molecule has 0 atom stereocenters. The van der Waals surface area contributed by atoms with E-state index in [4.69, 9.17) is 9.15 Å². The van der Waals surface area contributed by atoms with Crippen molar-refractivity contribution in [2.75, 3.05) is 6.26 Å². The van der Waals surface area contributed by atoms with E-state index in [1.807, 2.05) is 31.4 Å². The van der Waals surface area contributed by atoms with Crippen molar-refractivity contribution < 1.29 is 13.9 Å². The van der Waals surface area contributed by atoms with Gasteiger partial charge in [-0.05, 0) is 36.4 Å². The van der Waals surface area contributed by atoms with Gasteiger partial charge in [-0.1, -0.05) is 19.1 Å². The average Bonchev–Trinajstić information content (AvgIpc) is 2.65. The highest BCUT2D eigenvalue weighted by Gasteiger charge is 2.14. The van der Waals surface area contributed by atoms with Gasteiger partial charge in [0.2, 0.25) is 0 Å². The predicted molar refractivity (Wildman–Crippen MR) is 97.0 cm³/mol. The monoisotopic (exact) mass is 355 g/mol. The van der Waals surface area contributed by atoms with E-state index in [1.165, 1.54) is 17.8 Å². The Kier molecular flexibility index (Phi) is 5.19. The van der Waals surface area contributed by atoms with Crippen molar-refractivity contribution in [3.8, 4) is 0 Å². The molecule has 0 aliphatic carbocycles. The summed E-state index contributed by atoms with van der Waals surface area (Å²) in [5.41, 5.74) is 2.15.